The van der Waals surface area contributed by atoms with Crippen molar-refractivity contribution in [1.29, 1.82) is 0 Å². The summed E-state index contributed by atoms with van der Waals surface area (Å²) in [7, 11) is 0. The fourth-order valence-corrected chi connectivity index (χ4v) is 3.85. The lowest BCUT2D eigenvalue weighted by molar-refractivity contribution is -0.117. The zero-order valence-corrected chi connectivity index (χ0v) is 15.7. The molecule has 140 valence electrons. The molecule has 1 N–H and O–H groups in total. The third kappa shape index (κ3) is 3.62. The maximum absolute atomic E-state index is 12.8. The monoisotopic (exact) mass is 384 g/mol. The van der Waals surface area contributed by atoms with Crippen LogP contribution in [0.15, 0.2) is 36.5 Å². The van der Waals surface area contributed by atoms with E-state index < -0.39 is 0 Å². The molecule has 0 atom stereocenters. The van der Waals surface area contributed by atoms with Crippen LogP contribution in [0, 0.1) is 0 Å². The van der Waals surface area contributed by atoms with E-state index in [9.17, 15) is 9.59 Å². The average molecular weight is 385 g/mol. The summed E-state index contributed by atoms with van der Waals surface area (Å²) < 4.78 is 0. The van der Waals surface area contributed by atoms with Crippen LogP contribution in [0.4, 0.5) is 17.2 Å². The molecule has 0 radical (unpaired) electrons. The molecule has 0 saturated carbocycles. The van der Waals surface area contributed by atoms with Crippen molar-refractivity contribution in [2.45, 2.75) is 25.7 Å². The Balaban J connectivity index is 1.58. The number of carbonyl (C=O) groups is 2. The molecule has 7 heteroatoms. The molecule has 2 fully saturated rings. The number of pyridine rings is 1. The van der Waals surface area contributed by atoms with Gasteiger partial charge in [-0.05, 0) is 49.6 Å². The summed E-state index contributed by atoms with van der Waals surface area (Å²) in [6.45, 7) is 2.52. The second-order valence-corrected chi connectivity index (χ2v) is 7.25. The number of rotatable bonds is 4. The number of anilines is 3. The zero-order valence-electron chi connectivity index (χ0n) is 14.9. The first-order chi connectivity index (χ1) is 13.1. The van der Waals surface area contributed by atoms with Crippen LogP contribution >= 0.6 is 11.6 Å². The summed E-state index contributed by atoms with van der Waals surface area (Å²) in [5, 5.41) is 3.44. The molecule has 0 bridgehead atoms. The van der Waals surface area contributed by atoms with E-state index in [-0.39, 0.29) is 11.8 Å². The molecule has 2 aromatic rings. The van der Waals surface area contributed by atoms with Crippen molar-refractivity contribution in [3.63, 3.8) is 0 Å². The second-order valence-electron chi connectivity index (χ2n) is 6.84. The first-order valence-electron chi connectivity index (χ1n) is 9.25. The van der Waals surface area contributed by atoms with Gasteiger partial charge in [0.25, 0.3) is 5.91 Å². The number of nitrogens with one attached hydrogen (secondary N) is 1. The van der Waals surface area contributed by atoms with Crippen LogP contribution < -0.4 is 15.1 Å². The van der Waals surface area contributed by atoms with Crippen molar-refractivity contribution in [3.8, 4) is 0 Å². The summed E-state index contributed by atoms with van der Waals surface area (Å²) in [5.74, 6) is 0.596. The van der Waals surface area contributed by atoms with E-state index in [4.69, 9.17) is 11.6 Å². The maximum atomic E-state index is 12.8. The van der Waals surface area contributed by atoms with Gasteiger partial charge in [-0.25, -0.2) is 4.98 Å². The smallest absolute Gasteiger partial charge is 0.255 e. The van der Waals surface area contributed by atoms with E-state index in [1.54, 1.807) is 29.3 Å². The van der Waals surface area contributed by atoms with E-state index in [1.165, 1.54) is 0 Å². The summed E-state index contributed by atoms with van der Waals surface area (Å²) in [5.41, 5.74) is 1.75. The lowest BCUT2D eigenvalue weighted by atomic mass is 10.1. The number of aromatic nitrogens is 1. The Bertz CT molecular complexity index is 880. The van der Waals surface area contributed by atoms with Crippen LogP contribution in [0.1, 0.15) is 36.0 Å². The number of benzene rings is 1. The standard InChI is InChI=1S/C20H21ClN4O2/c21-15-8-7-14(13-17(15)25-12-4-6-18(25)26)20(27)23-16-5-3-9-22-19(16)24-10-1-2-11-24/h3,5,7-9,13H,1-2,4,6,10-12H2,(H,23,27). The molecule has 2 aliphatic heterocycles. The Labute approximate surface area is 163 Å². The summed E-state index contributed by atoms with van der Waals surface area (Å²) >= 11 is 6.28. The van der Waals surface area contributed by atoms with Gasteiger partial charge in [0, 0.05) is 37.8 Å². The molecule has 27 heavy (non-hydrogen) atoms. The molecule has 1 aromatic carbocycles. The number of carbonyl (C=O) groups excluding carboxylic acids is 2. The molecule has 1 aromatic heterocycles. The molecule has 2 amide bonds. The summed E-state index contributed by atoms with van der Waals surface area (Å²) in [4.78, 5) is 33.2. The summed E-state index contributed by atoms with van der Waals surface area (Å²) in [6.07, 6.45) is 5.33. The van der Waals surface area contributed by atoms with Crippen LogP contribution in [0.25, 0.3) is 0 Å². The van der Waals surface area contributed by atoms with Gasteiger partial charge in [0.2, 0.25) is 5.91 Å². The SMILES string of the molecule is O=C(Nc1cccnc1N1CCCC1)c1ccc(Cl)c(N2CCCC2=O)c1. The highest BCUT2D eigenvalue weighted by Crippen LogP contribution is 2.31. The van der Waals surface area contributed by atoms with Crippen molar-refractivity contribution in [2.24, 2.45) is 0 Å². The van der Waals surface area contributed by atoms with E-state index in [0.29, 0.717) is 34.9 Å². The van der Waals surface area contributed by atoms with Gasteiger partial charge in [-0.1, -0.05) is 11.6 Å². The fourth-order valence-electron chi connectivity index (χ4n) is 3.63. The van der Waals surface area contributed by atoms with Crippen LogP contribution in [0.3, 0.4) is 0 Å². The quantitative estimate of drug-likeness (QED) is 0.872. The Morgan fingerprint density at radius 2 is 1.93 bits per heavy atom. The van der Waals surface area contributed by atoms with Gasteiger partial charge in [-0.3, -0.25) is 9.59 Å². The molecule has 6 nitrogen and oxygen atoms in total. The van der Waals surface area contributed by atoms with E-state index >= 15 is 0 Å². The first-order valence-corrected chi connectivity index (χ1v) is 9.62. The van der Waals surface area contributed by atoms with Gasteiger partial charge in [0.1, 0.15) is 0 Å². The van der Waals surface area contributed by atoms with Gasteiger partial charge in [0.05, 0.1) is 16.4 Å². The van der Waals surface area contributed by atoms with Crippen LogP contribution in [0.5, 0.6) is 0 Å². The topological polar surface area (TPSA) is 65.5 Å². The molecule has 4 rings (SSSR count). The van der Waals surface area contributed by atoms with Gasteiger partial charge in [-0.15, -0.1) is 0 Å². The number of hydrogen-bond donors (Lipinski definition) is 1. The van der Waals surface area contributed by atoms with Gasteiger partial charge < -0.3 is 15.1 Å². The Kier molecular flexibility index (Phi) is 4.99. The molecule has 3 heterocycles. The molecule has 0 spiro atoms. The van der Waals surface area contributed by atoms with Gasteiger partial charge >= 0.3 is 0 Å². The minimum atomic E-state index is -0.243. The molecule has 0 aliphatic carbocycles. The lowest BCUT2D eigenvalue weighted by Gasteiger charge is -2.20. The highest BCUT2D eigenvalue weighted by Gasteiger charge is 2.25. The highest BCUT2D eigenvalue weighted by molar-refractivity contribution is 6.34. The van der Waals surface area contributed by atoms with E-state index in [0.717, 1.165) is 38.2 Å². The third-order valence-electron chi connectivity index (χ3n) is 5.01. The lowest BCUT2D eigenvalue weighted by Crippen LogP contribution is -2.25. The van der Waals surface area contributed by atoms with E-state index in [2.05, 4.69) is 15.2 Å². The third-order valence-corrected chi connectivity index (χ3v) is 5.33. The summed E-state index contributed by atoms with van der Waals surface area (Å²) in [6, 6.07) is 8.70. The number of halogens is 1. The first kappa shape index (κ1) is 17.8. The van der Waals surface area contributed by atoms with Gasteiger partial charge in [-0.2, -0.15) is 0 Å². The van der Waals surface area contributed by atoms with Crippen molar-refractivity contribution < 1.29 is 9.59 Å². The number of amides is 2. The van der Waals surface area contributed by atoms with Crippen molar-refractivity contribution in [1.82, 2.24) is 4.98 Å². The predicted octanol–water partition coefficient (Wildman–Crippen LogP) is 3.71. The second kappa shape index (κ2) is 7.56. The van der Waals surface area contributed by atoms with Gasteiger partial charge in [0.15, 0.2) is 5.82 Å². The molecule has 0 unspecified atom stereocenters. The molecular weight excluding hydrogens is 364 g/mol. The normalized spacial score (nSPS) is 16.9. The van der Waals surface area contributed by atoms with Crippen molar-refractivity contribution in [3.05, 3.63) is 47.1 Å². The minimum absolute atomic E-state index is 0.0398. The minimum Gasteiger partial charge on any atom is -0.355 e. The fraction of sp³-hybridized carbons (Fsp3) is 0.350. The maximum Gasteiger partial charge on any atom is 0.255 e. The Hall–Kier alpha value is -2.60. The molecular formula is C20H21ClN4O2. The van der Waals surface area contributed by atoms with Crippen LogP contribution in [-0.4, -0.2) is 36.4 Å². The molecule has 2 saturated heterocycles. The van der Waals surface area contributed by atoms with Crippen molar-refractivity contribution >= 4 is 40.6 Å². The highest BCUT2D eigenvalue weighted by atomic mass is 35.5. The van der Waals surface area contributed by atoms with Crippen LogP contribution in [0.2, 0.25) is 5.02 Å². The average Bonchev–Trinajstić information content (AvgIpc) is 3.34. The van der Waals surface area contributed by atoms with Crippen LogP contribution in [-0.2, 0) is 4.79 Å². The zero-order chi connectivity index (χ0) is 18.8. The Morgan fingerprint density at radius 3 is 2.67 bits per heavy atom. The largest absolute Gasteiger partial charge is 0.355 e. The predicted molar refractivity (Wildman–Crippen MR) is 107 cm³/mol. The molecule has 2 aliphatic rings. The Morgan fingerprint density at radius 1 is 1.11 bits per heavy atom. The number of hydrogen-bond acceptors (Lipinski definition) is 4. The van der Waals surface area contributed by atoms with Crippen molar-refractivity contribution in [2.75, 3.05) is 34.8 Å². The number of nitrogens with zero attached hydrogens (tertiary/aromatic N) is 3. The van der Waals surface area contributed by atoms with E-state index in [1.807, 2.05) is 12.1 Å².